The highest BCUT2D eigenvalue weighted by atomic mass is 16.3. The van der Waals surface area contributed by atoms with Crippen molar-refractivity contribution in [1.29, 1.82) is 0 Å². The molecule has 1 aliphatic rings. The molecule has 0 spiro atoms. The van der Waals surface area contributed by atoms with Crippen molar-refractivity contribution in [2.45, 2.75) is 19.3 Å². The summed E-state index contributed by atoms with van der Waals surface area (Å²) < 4.78 is 6.35. The second kappa shape index (κ2) is 11.6. The Morgan fingerprint density at radius 2 is 1.02 bits per heavy atom. The lowest BCUT2D eigenvalue weighted by Crippen LogP contribution is -2.14. The number of furan rings is 1. The summed E-state index contributed by atoms with van der Waals surface area (Å²) in [6, 6.07) is 60.7. The predicted octanol–water partition coefficient (Wildman–Crippen LogP) is 13.7. The van der Waals surface area contributed by atoms with Crippen LogP contribution in [0.5, 0.6) is 0 Å². The molecule has 0 bridgehead atoms. The van der Waals surface area contributed by atoms with Gasteiger partial charge in [0.1, 0.15) is 11.2 Å². The zero-order valence-electron chi connectivity index (χ0n) is 30.0. The van der Waals surface area contributed by atoms with E-state index in [0.29, 0.717) is 5.82 Å². The maximum atomic E-state index is 6.35. The molecule has 3 nitrogen and oxygen atoms in total. The normalized spacial score (nSPS) is 13.1. The van der Waals surface area contributed by atoms with Gasteiger partial charge in [-0.05, 0) is 110 Å². The Hall–Kier alpha value is -6.84. The molecule has 0 fully saturated rings. The molecule has 0 atom stereocenters. The Morgan fingerprint density at radius 3 is 1.80 bits per heavy atom. The minimum absolute atomic E-state index is 0.108. The molecule has 1 aliphatic carbocycles. The first-order valence-corrected chi connectivity index (χ1v) is 18.6. The van der Waals surface area contributed by atoms with E-state index in [-0.39, 0.29) is 5.41 Å². The number of nitrogens with zero attached hydrogens (tertiary/aromatic N) is 2. The molecule has 0 saturated carbocycles. The molecule has 0 amide bonds. The topological polar surface area (TPSA) is 38.9 Å². The Labute approximate surface area is 313 Å². The molecule has 0 radical (unpaired) electrons. The van der Waals surface area contributed by atoms with Gasteiger partial charge in [-0.2, -0.15) is 0 Å². The Morgan fingerprint density at radius 1 is 0.407 bits per heavy atom. The maximum Gasteiger partial charge on any atom is 0.160 e. The molecule has 2 heterocycles. The maximum absolute atomic E-state index is 6.35. The lowest BCUT2D eigenvalue weighted by molar-refractivity contribution is 0.661. The second-order valence-electron chi connectivity index (χ2n) is 15.0. The molecule has 0 saturated heterocycles. The highest BCUT2D eigenvalue weighted by Gasteiger charge is 2.37. The van der Waals surface area contributed by atoms with Crippen LogP contribution < -0.4 is 0 Å². The van der Waals surface area contributed by atoms with Crippen LogP contribution in [0.4, 0.5) is 0 Å². The van der Waals surface area contributed by atoms with Crippen LogP contribution in [0.15, 0.2) is 174 Å². The molecular formula is C51H34N2O. The lowest BCUT2D eigenvalue weighted by Gasteiger charge is -2.22. The second-order valence-corrected chi connectivity index (χ2v) is 15.0. The van der Waals surface area contributed by atoms with Gasteiger partial charge in [-0.3, -0.25) is 0 Å². The van der Waals surface area contributed by atoms with Crippen molar-refractivity contribution in [1.82, 2.24) is 9.97 Å². The molecule has 10 aromatic rings. The highest BCUT2D eigenvalue weighted by Crippen LogP contribution is 2.53. The molecule has 0 N–H and O–H groups in total. The number of aromatic nitrogens is 2. The van der Waals surface area contributed by atoms with Gasteiger partial charge in [0.2, 0.25) is 0 Å². The Bertz CT molecular complexity index is 3130. The Balaban J connectivity index is 1.07. The monoisotopic (exact) mass is 690 g/mol. The zero-order chi connectivity index (χ0) is 36.0. The average molecular weight is 691 g/mol. The van der Waals surface area contributed by atoms with Gasteiger partial charge < -0.3 is 4.42 Å². The van der Waals surface area contributed by atoms with Gasteiger partial charge in [-0.1, -0.05) is 129 Å². The van der Waals surface area contributed by atoms with Crippen LogP contribution in [0.1, 0.15) is 25.0 Å². The summed E-state index contributed by atoms with van der Waals surface area (Å²) in [4.78, 5) is 10.4. The fraction of sp³-hybridized carbons (Fsp3) is 0.0588. The van der Waals surface area contributed by atoms with Crippen LogP contribution in [-0.4, -0.2) is 9.97 Å². The molecule has 254 valence electrons. The van der Waals surface area contributed by atoms with Crippen LogP contribution in [-0.2, 0) is 5.41 Å². The summed E-state index contributed by atoms with van der Waals surface area (Å²) in [5, 5.41) is 7.08. The van der Waals surface area contributed by atoms with Crippen molar-refractivity contribution in [2.24, 2.45) is 0 Å². The highest BCUT2D eigenvalue weighted by molar-refractivity contribution is 6.11. The van der Waals surface area contributed by atoms with E-state index in [1.165, 1.54) is 54.9 Å². The molecular weight excluding hydrogens is 657 g/mol. The predicted molar refractivity (Wildman–Crippen MR) is 224 cm³/mol. The Kier molecular flexibility index (Phi) is 6.60. The minimum atomic E-state index is -0.108. The number of rotatable bonds is 4. The summed E-state index contributed by atoms with van der Waals surface area (Å²) in [5.41, 5.74) is 14.2. The van der Waals surface area contributed by atoms with E-state index in [1.54, 1.807) is 0 Å². The summed E-state index contributed by atoms with van der Waals surface area (Å²) in [7, 11) is 0. The van der Waals surface area contributed by atoms with E-state index in [1.807, 2.05) is 18.2 Å². The van der Waals surface area contributed by atoms with Gasteiger partial charge in [0.15, 0.2) is 5.82 Å². The van der Waals surface area contributed by atoms with Crippen molar-refractivity contribution >= 4 is 43.5 Å². The van der Waals surface area contributed by atoms with E-state index in [2.05, 4.69) is 166 Å². The molecule has 2 aromatic heterocycles. The SMILES string of the molecule is CC1(C)c2cc3ccccc3cc2-c2c(-c3cccc(-c4cc(-c5ccc6oc7cc8ccccc8cc7c6c5)nc(-c5ccccc5)n4)c3)cccc21. The fourth-order valence-electron chi connectivity index (χ4n) is 8.64. The van der Waals surface area contributed by atoms with Gasteiger partial charge >= 0.3 is 0 Å². The summed E-state index contributed by atoms with van der Waals surface area (Å²) in [6.07, 6.45) is 0. The third-order valence-corrected chi connectivity index (χ3v) is 11.4. The van der Waals surface area contributed by atoms with E-state index in [9.17, 15) is 0 Å². The first-order valence-electron chi connectivity index (χ1n) is 18.6. The molecule has 0 aliphatic heterocycles. The first kappa shape index (κ1) is 30.8. The van der Waals surface area contributed by atoms with Crippen LogP contribution >= 0.6 is 0 Å². The van der Waals surface area contributed by atoms with Crippen LogP contribution in [0.25, 0.3) is 99.6 Å². The number of hydrogen-bond donors (Lipinski definition) is 0. The van der Waals surface area contributed by atoms with Crippen molar-refractivity contribution in [3.63, 3.8) is 0 Å². The van der Waals surface area contributed by atoms with Gasteiger partial charge in [-0.25, -0.2) is 9.97 Å². The molecule has 11 rings (SSSR count). The average Bonchev–Trinajstić information content (AvgIpc) is 3.69. The van der Waals surface area contributed by atoms with E-state index < -0.39 is 0 Å². The smallest absolute Gasteiger partial charge is 0.160 e. The largest absolute Gasteiger partial charge is 0.456 e. The number of hydrogen-bond acceptors (Lipinski definition) is 3. The molecule has 0 unspecified atom stereocenters. The van der Waals surface area contributed by atoms with E-state index >= 15 is 0 Å². The van der Waals surface area contributed by atoms with Crippen molar-refractivity contribution in [2.75, 3.05) is 0 Å². The third-order valence-electron chi connectivity index (χ3n) is 11.4. The number of fused-ring (bicyclic) bond motifs is 8. The van der Waals surface area contributed by atoms with Gasteiger partial charge in [-0.15, -0.1) is 0 Å². The summed E-state index contributed by atoms with van der Waals surface area (Å²) in [5.74, 6) is 0.694. The zero-order valence-corrected chi connectivity index (χ0v) is 30.0. The quantitative estimate of drug-likeness (QED) is 0.184. The van der Waals surface area contributed by atoms with Crippen LogP contribution in [0.2, 0.25) is 0 Å². The van der Waals surface area contributed by atoms with E-state index in [4.69, 9.17) is 14.4 Å². The lowest BCUT2D eigenvalue weighted by atomic mass is 9.81. The minimum Gasteiger partial charge on any atom is -0.456 e. The van der Waals surface area contributed by atoms with E-state index in [0.717, 1.165) is 50.0 Å². The van der Waals surface area contributed by atoms with Crippen LogP contribution in [0, 0.1) is 0 Å². The third kappa shape index (κ3) is 4.75. The molecule has 3 heteroatoms. The van der Waals surface area contributed by atoms with Crippen LogP contribution in [0.3, 0.4) is 0 Å². The fourth-order valence-corrected chi connectivity index (χ4v) is 8.64. The van der Waals surface area contributed by atoms with Crippen molar-refractivity contribution < 1.29 is 4.42 Å². The summed E-state index contributed by atoms with van der Waals surface area (Å²) in [6.45, 7) is 4.71. The first-order chi connectivity index (χ1) is 26.5. The van der Waals surface area contributed by atoms with Gasteiger partial charge in [0, 0.05) is 32.9 Å². The standard InChI is InChI=1S/C51H34N2O/c1-51(2)43-21-11-20-39(49(43)42-26-33-15-6-8-16-34(33)28-44(42)51)36-18-10-19-37(24-36)45-30-46(53-50(52-45)31-12-4-3-5-13-31)38-22-23-47-40(27-38)41-25-32-14-7-9-17-35(32)29-48(41)54-47/h3-30H,1-2H3. The van der Waals surface area contributed by atoms with Crippen molar-refractivity contribution in [3.05, 3.63) is 181 Å². The molecule has 8 aromatic carbocycles. The van der Waals surface area contributed by atoms with Gasteiger partial charge in [0.05, 0.1) is 11.4 Å². The number of benzene rings is 8. The summed E-state index contributed by atoms with van der Waals surface area (Å²) >= 11 is 0. The molecule has 54 heavy (non-hydrogen) atoms. The van der Waals surface area contributed by atoms with Crippen molar-refractivity contribution in [3.8, 4) is 56.2 Å². The van der Waals surface area contributed by atoms with Gasteiger partial charge in [0.25, 0.3) is 0 Å².